The first-order valence-corrected chi connectivity index (χ1v) is 8.83. The Morgan fingerprint density at radius 2 is 2.00 bits per heavy atom. The van der Waals surface area contributed by atoms with Crippen molar-refractivity contribution in [2.75, 3.05) is 18.9 Å². The molecule has 0 aliphatic heterocycles. The molecule has 0 radical (unpaired) electrons. The van der Waals surface area contributed by atoms with Crippen molar-refractivity contribution in [1.29, 1.82) is 0 Å². The first-order valence-electron chi connectivity index (χ1n) is 8.45. The number of nitro benzene ring substituents is 1. The second-order valence-electron chi connectivity index (χ2n) is 6.01. The number of carbonyl (C=O) groups excluding carboxylic acids is 1. The van der Waals surface area contributed by atoms with Gasteiger partial charge >= 0.3 is 0 Å². The van der Waals surface area contributed by atoms with Gasteiger partial charge in [0.2, 0.25) is 0 Å². The van der Waals surface area contributed by atoms with Gasteiger partial charge in [-0.25, -0.2) is 0 Å². The summed E-state index contributed by atoms with van der Waals surface area (Å²) in [6, 6.07) is 11.8. The van der Waals surface area contributed by atoms with Crippen LogP contribution in [0.25, 0.3) is 0 Å². The van der Waals surface area contributed by atoms with E-state index in [1.807, 2.05) is 25.1 Å². The Bertz CT molecular complexity index is 795. The largest absolute Gasteiger partial charge is 0.375 e. The van der Waals surface area contributed by atoms with Gasteiger partial charge in [0.25, 0.3) is 11.6 Å². The molecular formula is C19H22ClN3O3. The summed E-state index contributed by atoms with van der Waals surface area (Å²) in [4.78, 5) is 25.0. The number of hydrogen-bond acceptors (Lipinski definition) is 4. The van der Waals surface area contributed by atoms with Crippen LogP contribution in [0.15, 0.2) is 42.5 Å². The van der Waals surface area contributed by atoms with Crippen LogP contribution < -0.4 is 5.32 Å². The topological polar surface area (TPSA) is 75.5 Å². The number of hydrogen-bond donors (Lipinski definition) is 1. The number of halogens is 1. The fraction of sp³-hybridized carbons (Fsp3) is 0.316. The molecule has 0 atom stereocenters. The van der Waals surface area contributed by atoms with E-state index in [0.29, 0.717) is 29.4 Å². The lowest BCUT2D eigenvalue weighted by Crippen LogP contribution is -2.27. The smallest absolute Gasteiger partial charge is 0.293 e. The fourth-order valence-corrected chi connectivity index (χ4v) is 2.72. The van der Waals surface area contributed by atoms with E-state index in [4.69, 9.17) is 11.6 Å². The predicted octanol–water partition coefficient (Wildman–Crippen LogP) is 4.73. The summed E-state index contributed by atoms with van der Waals surface area (Å²) in [5.74, 6) is -0.223. The van der Waals surface area contributed by atoms with Crippen molar-refractivity contribution >= 4 is 28.9 Å². The van der Waals surface area contributed by atoms with Crippen LogP contribution in [0.1, 0.15) is 35.7 Å². The van der Waals surface area contributed by atoms with Gasteiger partial charge in [-0.15, -0.1) is 0 Å². The zero-order valence-electron chi connectivity index (χ0n) is 14.9. The van der Waals surface area contributed by atoms with Crippen molar-refractivity contribution in [1.82, 2.24) is 4.90 Å². The molecule has 7 heteroatoms. The third kappa shape index (κ3) is 4.95. The molecule has 1 amide bonds. The quantitative estimate of drug-likeness (QED) is 0.534. The fourth-order valence-electron chi connectivity index (χ4n) is 2.51. The number of unbranched alkanes of at least 4 members (excludes halogenated alkanes) is 1. The van der Waals surface area contributed by atoms with Crippen LogP contribution in [0.5, 0.6) is 0 Å². The number of benzene rings is 2. The zero-order valence-corrected chi connectivity index (χ0v) is 15.6. The first kappa shape index (κ1) is 19.7. The van der Waals surface area contributed by atoms with Crippen molar-refractivity contribution in [3.05, 3.63) is 68.7 Å². The van der Waals surface area contributed by atoms with Gasteiger partial charge in [-0.1, -0.05) is 43.1 Å². The van der Waals surface area contributed by atoms with Gasteiger partial charge in [0, 0.05) is 36.8 Å². The number of rotatable bonds is 8. The molecule has 26 heavy (non-hydrogen) atoms. The molecule has 1 N–H and O–H groups in total. The third-order valence-corrected chi connectivity index (χ3v) is 4.43. The number of nitro groups is 1. The highest BCUT2D eigenvalue weighted by molar-refractivity contribution is 6.31. The summed E-state index contributed by atoms with van der Waals surface area (Å²) in [6.07, 6.45) is 1.87. The first-order chi connectivity index (χ1) is 12.4. The number of anilines is 1. The van der Waals surface area contributed by atoms with Gasteiger partial charge in [0.15, 0.2) is 0 Å². The van der Waals surface area contributed by atoms with E-state index in [9.17, 15) is 14.9 Å². The lowest BCUT2D eigenvalue weighted by atomic mass is 10.1. The molecule has 0 unspecified atom stereocenters. The second kappa shape index (κ2) is 9.20. The maximum Gasteiger partial charge on any atom is 0.293 e. The molecule has 0 spiro atoms. The van der Waals surface area contributed by atoms with E-state index in [2.05, 4.69) is 5.32 Å². The minimum Gasteiger partial charge on any atom is -0.375 e. The number of nitrogens with one attached hydrogen (secondary N) is 1. The SMILES string of the molecule is CCCCN(C)C(=O)c1ccc(NCc2ccccc2Cl)c([N+](=O)[O-])c1. The molecular weight excluding hydrogens is 354 g/mol. The van der Waals surface area contributed by atoms with Gasteiger partial charge in [0.05, 0.1) is 4.92 Å². The highest BCUT2D eigenvalue weighted by Crippen LogP contribution is 2.27. The summed E-state index contributed by atoms with van der Waals surface area (Å²) in [5, 5.41) is 15.1. The Morgan fingerprint density at radius 1 is 1.27 bits per heavy atom. The van der Waals surface area contributed by atoms with E-state index < -0.39 is 4.92 Å². The molecule has 0 fully saturated rings. The standard InChI is InChI=1S/C19H22ClN3O3/c1-3-4-11-22(2)19(24)14-9-10-17(18(12-14)23(25)26)21-13-15-7-5-6-8-16(15)20/h5-10,12,21H,3-4,11,13H2,1-2H3. The Labute approximate surface area is 157 Å². The van der Waals surface area contributed by atoms with Crippen molar-refractivity contribution < 1.29 is 9.72 Å². The van der Waals surface area contributed by atoms with Crippen LogP contribution in [0.3, 0.4) is 0 Å². The Balaban J connectivity index is 2.19. The summed E-state index contributed by atoms with van der Waals surface area (Å²) < 4.78 is 0. The molecule has 0 aromatic heterocycles. The molecule has 6 nitrogen and oxygen atoms in total. The van der Waals surface area contributed by atoms with E-state index in [0.717, 1.165) is 18.4 Å². The van der Waals surface area contributed by atoms with Gasteiger partial charge < -0.3 is 10.2 Å². The van der Waals surface area contributed by atoms with Crippen LogP contribution in [-0.4, -0.2) is 29.3 Å². The van der Waals surface area contributed by atoms with E-state index in [-0.39, 0.29) is 11.6 Å². The molecule has 0 bridgehead atoms. The van der Waals surface area contributed by atoms with Gasteiger partial charge in [-0.3, -0.25) is 14.9 Å². The summed E-state index contributed by atoms with van der Waals surface area (Å²) in [5.41, 5.74) is 1.36. The van der Waals surface area contributed by atoms with Crippen LogP contribution >= 0.6 is 11.6 Å². The molecule has 2 rings (SSSR count). The summed E-state index contributed by atoms with van der Waals surface area (Å²) in [7, 11) is 1.70. The van der Waals surface area contributed by atoms with E-state index >= 15 is 0 Å². The Hall–Kier alpha value is -2.60. The monoisotopic (exact) mass is 375 g/mol. The lowest BCUT2D eigenvalue weighted by Gasteiger charge is -2.17. The normalized spacial score (nSPS) is 10.4. The van der Waals surface area contributed by atoms with Crippen LogP contribution in [-0.2, 0) is 6.54 Å². The molecule has 0 heterocycles. The van der Waals surface area contributed by atoms with Crippen LogP contribution in [0, 0.1) is 10.1 Å². The maximum absolute atomic E-state index is 12.4. The summed E-state index contributed by atoms with van der Waals surface area (Å²) in [6.45, 7) is 3.02. The number of carbonyl (C=O) groups is 1. The van der Waals surface area contributed by atoms with Crippen LogP contribution in [0.4, 0.5) is 11.4 Å². The average molecular weight is 376 g/mol. The van der Waals surface area contributed by atoms with Crippen molar-refractivity contribution in [2.45, 2.75) is 26.3 Å². The molecule has 0 aliphatic carbocycles. The van der Waals surface area contributed by atoms with Crippen molar-refractivity contribution in [3.8, 4) is 0 Å². The van der Waals surface area contributed by atoms with Crippen molar-refractivity contribution in [2.24, 2.45) is 0 Å². The summed E-state index contributed by atoms with van der Waals surface area (Å²) >= 11 is 6.11. The number of amides is 1. The predicted molar refractivity (Wildman–Crippen MR) is 104 cm³/mol. The minimum atomic E-state index is -0.488. The van der Waals surface area contributed by atoms with Gasteiger partial charge in [-0.05, 0) is 30.2 Å². The van der Waals surface area contributed by atoms with E-state index in [1.54, 1.807) is 30.1 Å². The minimum absolute atomic E-state index is 0.133. The van der Waals surface area contributed by atoms with Crippen molar-refractivity contribution in [3.63, 3.8) is 0 Å². The highest BCUT2D eigenvalue weighted by Gasteiger charge is 2.19. The molecule has 0 saturated carbocycles. The molecule has 138 valence electrons. The maximum atomic E-state index is 12.4. The molecule has 2 aromatic carbocycles. The zero-order chi connectivity index (χ0) is 19.1. The molecule has 0 aliphatic rings. The third-order valence-electron chi connectivity index (χ3n) is 4.06. The molecule has 0 saturated heterocycles. The second-order valence-corrected chi connectivity index (χ2v) is 6.42. The number of nitrogens with zero attached hydrogens (tertiary/aromatic N) is 2. The van der Waals surface area contributed by atoms with E-state index in [1.165, 1.54) is 6.07 Å². The highest BCUT2D eigenvalue weighted by atomic mass is 35.5. The van der Waals surface area contributed by atoms with Crippen LogP contribution in [0.2, 0.25) is 5.02 Å². The average Bonchev–Trinajstić information content (AvgIpc) is 2.64. The lowest BCUT2D eigenvalue weighted by molar-refractivity contribution is -0.384. The Kier molecular flexibility index (Phi) is 6.97. The van der Waals surface area contributed by atoms with Gasteiger partial charge in [0.1, 0.15) is 5.69 Å². The van der Waals surface area contributed by atoms with Gasteiger partial charge in [-0.2, -0.15) is 0 Å². The Morgan fingerprint density at radius 3 is 2.65 bits per heavy atom. The molecule has 2 aromatic rings.